The molecule has 1 fully saturated rings. The third kappa shape index (κ3) is 2.71. The van der Waals surface area contributed by atoms with Gasteiger partial charge in [-0.25, -0.2) is 0 Å². The fourth-order valence-corrected chi connectivity index (χ4v) is 2.79. The van der Waals surface area contributed by atoms with Crippen LogP contribution in [0.25, 0.3) is 11.4 Å². The van der Waals surface area contributed by atoms with Crippen LogP contribution in [0, 0.1) is 0 Å². The van der Waals surface area contributed by atoms with E-state index in [4.69, 9.17) is 15.0 Å². The van der Waals surface area contributed by atoms with Gasteiger partial charge in [0.2, 0.25) is 11.7 Å². The van der Waals surface area contributed by atoms with Crippen LogP contribution in [-0.4, -0.2) is 28.4 Å². The number of nitrogens with zero attached hydrogens (tertiary/aromatic N) is 2. The van der Waals surface area contributed by atoms with Crippen molar-refractivity contribution in [1.29, 1.82) is 0 Å². The molecule has 21 heavy (non-hydrogen) atoms. The maximum Gasteiger partial charge on any atom is 0.231 e. The smallest absolute Gasteiger partial charge is 0.231 e. The molecule has 0 bridgehead atoms. The number of aromatic hydroxyl groups is 1. The van der Waals surface area contributed by atoms with Crippen molar-refractivity contribution >= 4 is 0 Å². The average molecular weight is 289 g/mol. The second-order valence-electron chi connectivity index (χ2n) is 5.40. The largest absolute Gasteiger partial charge is 0.504 e. The number of nitrogens with two attached hydrogens (primary N) is 1. The van der Waals surface area contributed by atoms with Crippen LogP contribution in [0.2, 0.25) is 0 Å². The fraction of sp³-hybridized carbons (Fsp3) is 0.467. The van der Waals surface area contributed by atoms with Gasteiger partial charge in [-0.1, -0.05) is 18.0 Å². The lowest BCUT2D eigenvalue weighted by molar-refractivity contribution is 0.290. The fourth-order valence-electron chi connectivity index (χ4n) is 2.79. The van der Waals surface area contributed by atoms with Crippen LogP contribution >= 0.6 is 0 Å². The maximum atomic E-state index is 9.62. The van der Waals surface area contributed by atoms with Crippen LogP contribution in [-0.2, 0) is 0 Å². The normalized spacial score (nSPS) is 22.2. The lowest BCUT2D eigenvalue weighted by Crippen LogP contribution is -2.31. The molecule has 1 aliphatic carbocycles. The van der Waals surface area contributed by atoms with Gasteiger partial charge in [0.1, 0.15) is 0 Å². The van der Waals surface area contributed by atoms with E-state index < -0.39 is 0 Å². The van der Waals surface area contributed by atoms with Crippen molar-refractivity contribution < 1.29 is 14.4 Å². The number of aromatic nitrogens is 2. The molecule has 2 atom stereocenters. The summed E-state index contributed by atoms with van der Waals surface area (Å²) in [4.78, 5) is 4.46. The Balaban J connectivity index is 1.87. The molecule has 0 radical (unpaired) electrons. The molecule has 0 spiro atoms. The third-order valence-corrected chi connectivity index (χ3v) is 4.02. The quantitative estimate of drug-likeness (QED) is 0.901. The van der Waals surface area contributed by atoms with E-state index in [1.54, 1.807) is 18.2 Å². The van der Waals surface area contributed by atoms with E-state index in [9.17, 15) is 5.11 Å². The highest BCUT2D eigenvalue weighted by atomic mass is 16.5. The number of hydrogen-bond donors (Lipinski definition) is 2. The van der Waals surface area contributed by atoms with Crippen LogP contribution in [0.5, 0.6) is 11.5 Å². The van der Waals surface area contributed by atoms with Gasteiger partial charge in [-0.2, -0.15) is 4.98 Å². The maximum absolute atomic E-state index is 9.62. The van der Waals surface area contributed by atoms with Gasteiger partial charge in [0.25, 0.3) is 0 Å². The molecular formula is C15H19N3O3. The van der Waals surface area contributed by atoms with Crippen LogP contribution in [0.1, 0.15) is 37.5 Å². The van der Waals surface area contributed by atoms with Crippen molar-refractivity contribution in [2.75, 3.05) is 7.11 Å². The van der Waals surface area contributed by atoms with Gasteiger partial charge in [-0.3, -0.25) is 0 Å². The Labute approximate surface area is 122 Å². The average Bonchev–Trinajstić information content (AvgIpc) is 2.98. The van der Waals surface area contributed by atoms with E-state index in [2.05, 4.69) is 10.1 Å². The Bertz CT molecular complexity index is 626. The van der Waals surface area contributed by atoms with Crippen molar-refractivity contribution in [2.45, 2.75) is 37.6 Å². The predicted molar refractivity (Wildman–Crippen MR) is 77.1 cm³/mol. The Hall–Kier alpha value is -2.08. The Kier molecular flexibility index (Phi) is 3.79. The van der Waals surface area contributed by atoms with Gasteiger partial charge in [0.05, 0.1) is 13.0 Å². The molecule has 1 aromatic heterocycles. The summed E-state index contributed by atoms with van der Waals surface area (Å²) < 4.78 is 10.5. The molecule has 2 aromatic rings. The summed E-state index contributed by atoms with van der Waals surface area (Å²) in [5.41, 5.74) is 6.88. The molecule has 1 aromatic carbocycles. The molecular weight excluding hydrogens is 270 g/mol. The first-order chi connectivity index (χ1) is 10.2. The molecule has 2 unspecified atom stereocenters. The van der Waals surface area contributed by atoms with Gasteiger partial charge in [-0.15, -0.1) is 0 Å². The molecule has 1 aliphatic rings. The monoisotopic (exact) mass is 289 g/mol. The van der Waals surface area contributed by atoms with E-state index in [-0.39, 0.29) is 17.7 Å². The van der Waals surface area contributed by atoms with Gasteiger partial charge in [0.15, 0.2) is 11.5 Å². The Morgan fingerprint density at radius 1 is 1.33 bits per heavy atom. The molecule has 1 heterocycles. The molecule has 1 saturated carbocycles. The van der Waals surface area contributed by atoms with Crippen LogP contribution in [0.3, 0.4) is 0 Å². The summed E-state index contributed by atoms with van der Waals surface area (Å²) in [6.07, 6.45) is 4.29. The first-order valence-corrected chi connectivity index (χ1v) is 7.15. The van der Waals surface area contributed by atoms with Crippen LogP contribution < -0.4 is 10.5 Å². The van der Waals surface area contributed by atoms with Gasteiger partial charge < -0.3 is 20.1 Å². The zero-order valence-corrected chi connectivity index (χ0v) is 12.0. The molecule has 0 aliphatic heterocycles. The number of hydrogen-bond acceptors (Lipinski definition) is 6. The summed E-state index contributed by atoms with van der Waals surface area (Å²) in [7, 11) is 1.50. The van der Waals surface area contributed by atoms with E-state index in [0.29, 0.717) is 17.5 Å². The molecule has 0 saturated heterocycles. The van der Waals surface area contributed by atoms with Crippen molar-refractivity contribution in [3.63, 3.8) is 0 Å². The van der Waals surface area contributed by atoms with Crippen molar-refractivity contribution in [3.8, 4) is 22.9 Å². The zero-order chi connectivity index (χ0) is 14.8. The highest BCUT2D eigenvalue weighted by molar-refractivity contribution is 5.60. The molecule has 112 valence electrons. The number of rotatable bonds is 3. The first-order valence-electron chi connectivity index (χ1n) is 7.15. The number of methoxy groups -OCH3 is 1. The minimum atomic E-state index is 0.0827. The molecule has 0 amide bonds. The topological polar surface area (TPSA) is 94.4 Å². The minimum absolute atomic E-state index is 0.0827. The number of phenols is 1. The van der Waals surface area contributed by atoms with Gasteiger partial charge in [-0.05, 0) is 31.0 Å². The van der Waals surface area contributed by atoms with Crippen LogP contribution in [0.15, 0.2) is 22.7 Å². The van der Waals surface area contributed by atoms with Gasteiger partial charge in [0, 0.05) is 11.6 Å². The first kappa shape index (κ1) is 13.9. The third-order valence-electron chi connectivity index (χ3n) is 4.02. The number of benzene rings is 1. The van der Waals surface area contributed by atoms with E-state index in [1.165, 1.54) is 7.11 Å². The Morgan fingerprint density at radius 2 is 2.14 bits per heavy atom. The highest BCUT2D eigenvalue weighted by Gasteiger charge is 2.28. The molecule has 6 heteroatoms. The minimum Gasteiger partial charge on any atom is -0.504 e. The lowest BCUT2D eigenvalue weighted by atomic mass is 9.85. The summed E-state index contributed by atoms with van der Waals surface area (Å²) >= 11 is 0. The summed E-state index contributed by atoms with van der Waals surface area (Å²) in [6, 6.07) is 5.05. The second kappa shape index (κ2) is 5.73. The predicted octanol–water partition coefficient (Wildman–Crippen LogP) is 2.44. The molecule has 6 nitrogen and oxygen atoms in total. The summed E-state index contributed by atoms with van der Waals surface area (Å²) in [6.45, 7) is 0. The standard InChI is InChI=1S/C15H19N3O3/c1-20-13-8-9(6-7-12(13)19)14-17-15(21-18-14)10-4-2-3-5-11(10)16/h6-8,10-11,19H,2-5,16H2,1H3. The SMILES string of the molecule is COc1cc(-c2noc(C3CCCCC3N)n2)ccc1O. The van der Waals surface area contributed by atoms with Crippen LogP contribution in [0.4, 0.5) is 0 Å². The zero-order valence-electron chi connectivity index (χ0n) is 12.0. The van der Waals surface area contributed by atoms with Crippen molar-refractivity contribution in [2.24, 2.45) is 5.73 Å². The number of ether oxygens (including phenoxy) is 1. The highest BCUT2D eigenvalue weighted by Crippen LogP contribution is 2.34. The molecule has 3 N–H and O–H groups in total. The second-order valence-corrected chi connectivity index (χ2v) is 5.40. The Morgan fingerprint density at radius 3 is 2.90 bits per heavy atom. The lowest BCUT2D eigenvalue weighted by Gasteiger charge is -2.25. The molecule has 3 rings (SSSR count). The van der Waals surface area contributed by atoms with Crippen molar-refractivity contribution in [1.82, 2.24) is 10.1 Å². The number of phenolic OH excluding ortho intramolecular Hbond substituents is 1. The van der Waals surface area contributed by atoms with E-state index >= 15 is 0 Å². The van der Waals surface area contributed by atoms with Crippen molar-refractivity contribution in [3.05, 3.63) is 24.1 Å². The van der Waals surface area contributed by atoms with Gasteiger partial charge >= 0.3 is 0 Å². The summed E-state index contributed by atoms with van der Waals surface area (Å²) in [5.74, 6) is 1.69. The van der Waals surface area contributed by atoms with E-state index in [1.807, 2.05) is 0 Å². The summed E-state index contributed by atoms with van der Waals surface area (Å²) in [5, 5.41) is 13.6. The van der Waals surface area contributed by atoms with E-state index in [0.717, 1.165) is 31.2 Å².